The molecule has 0 aliphatic carbocycles. The van der Waals surface area contributed by atoms with Crippen LogP contribution < -0.4 is 5.32 Å². The highest BCUT2D eigenvalue weighted by atomic mass is 35.5. The number of aliphatic hydroxyl groups is 1. The van der Waals surface area contributed by atoms with Crippen LogP contribution >= 0.6 is 23.2 Å². The molecule has 7 nitrogen and oxygen atoms in total. The Labute approximate surface area is 199 Å². The number of aliphatic hydroxyl groups excluding tert-OH is 1. The number of amides is 2. The molecule has 0 unspecified atom stereocenters. The van der Waals surface area contributed by atoms with Gasteiger partial charge in [0.2, 0.25) is 5.91 Å². The largest absolute Gasteiger partial charge is 0.447 e. The molecular formula is C21H26Cl2F3N4O3+. The molecule has 1 atom stereocenters. The number of amidine groups is 1. The molecular weight excluding hydrogens is 484 g/mol. The van der Waals surface area contributed by atoms with Crippen molar-refractivity contribution in [2.75, 3.05) is 38.0 Å². The van der Waals surface area contributed by atoms with Crippen molar-refractivity contribution in [2.45, 2.75) is 38.4 Å². The van der Waals surface area contributed by atoms with E-state index in [-0.39, 0.29) is 56.7 Å². The number of nitrogens with zero attached hydrogens (tertiary/aromatic N) is 3. The normalized spacial score (nSPS) is 21.9. The molecule has 33 heavy (non-hydrogen) atoms. The van der Waals surface area contributed by atoms with Crippen LogP contribution in [0.4, 0.5) is 18.9 Å². The van der Waals surface area contributed by atoms with Crippen molar-refractivity contribution in [3.63, 3.8) is 0 Å². The van der Waals surface area contributed by atoms with Gasteiger partial charge in [0, 0.05) is 32.1 Å². The maximum Gasteiger partial charge on any atom is 0.447 e. The molecule has 2 heterocycles. The third-order valence-electron chi connectivity index (χ3n) is 6.10. The van der Waals surface area contributed by atoms with E-state index in [1.54, 1.807) is 25.1 Å². The summed E-state index contributed by atoms with van der Waals surface area (Å²) in [5.41, 5.74) is 0.504. The summed E-state index contributed by atoms with van der Waals surface area (Å²) in [6, 6.07) is 3.88. The maximum atomic E-state index is 12.8. The second-order valence-electron chi connectivity index (χ2n) is 8.22. The number of piperidine rings is 1. The molecule has 12 heteroatoms. The molecule has 2 fully saturated rings. The Balaban J connectivity index is 1.52. The second-order valence-corrected chi connectivity index (χ2v) is 9.03. The fourth-order valence-electron chi connectivity index (χ4n) is 4.06. The third-order valence-corrected chi connectivity index (χ3v) is 6.84. The van der Waals surface area contributed by atoms with Gasteiger partial charge in [-0.1, -0.05) is 23.2 Å². The molecule has 1 aromatic carbocycles. The molecule has 182 valence electrons. The number of halogens is 5. The van der Waals surface area contributed by atoms with Crippen molar-refractivity contribution in [3.05, 3.63) is 28.2 Å². The zero-order valence-corrected chi connectivity index (χ0v) is 19.6. The number of anilines is 1. The van der Waals surface area contributed by atoms with Gasteiger partial charge < -0.3 is 14.9 Å². The number of alkyl halides is 3. The summed E-state index contributed by atoms with van der Waals surface area (Å²) in [5.74, 6) is -1.87. The van der Waals surface area contributed by atoms with Crippen molar-refractivity contribution in [1.82, 2.24) is 9.80 Å². The van der Waals surface area contributed by atoms with Gasteiger partial charge >= 0.3 is 12.2 Å². The van der Waals surface area contributed by atoms with Gasteiger partial charge in [-0.15, -0.1) is 0 Å². The first-order valence-electron chi connectivity index (χ1n) is 10.6. The average molecular weight is 510 g/mol. The van der Waals surface area contributed by atoms with Gasteiger partial charge in [0.15, 0.2) is 6.04 Å². The topological polar surface area (TPSA) is 75.9 Å². The molecule has 0 bridgehead atoms. The van der Waals surface area contributed by atoms with E-state index in [1.165, 1.54) is 14.4 Å². The monoisotopic (exact) mass is 509 g/mol. The lowest BCUT2D eigenvalue weighted by Crippen LogP contribution is -2.55. The minimum Gasteiger partial charge on any atom is -0.447 e. The van der Waals surface area contributed by atoms with Crippen LogP contribution in [0.15, 0.2) is 18.2 Å². The molecule has 0 spiro atoms. The smallest absolute Gasteiger partial charge is 0.447 e. The lowest BCUT2D eigenvalue weighted by atomic mass is 9.96. The van der Waals surface area contributed by atoms with Crippen LogP contribution in [0.5, 0.6) is 0 Å². The standard InChI is InChI=1S/C21H25Cl2F3N4O3/c1-13-19(32)29(9-6-18(31)28-7-4-14(5-8-28)21(24,25)26)10-11-30(13)20(33)27-15-2-3-16(22)17(23)12-15/h2-3,12-14H,4-11H2,1H3,(H,27,33)/p+1/t13-/m0/s1. The van der Waals surface area contributed by atoms with E-state index in [1.807, 2.05) is 0 Å². The summed E-state index contributed by atoms with van der Waals surface area (Å²) in [5, 5.41) is 14.0. The Morgan fingerprint density at radius 2 is 1.88 bits per heavy atom. The predicted molar refractivity (Wildman–Crippen MR) is 119 cm³/mol. The summed E-state index contributed by atoms with van der Waals surface area (Å²) < 4.78 is 39.9. The van der Waals surface area contributed by atoms with Gasteiger partial charge in [-0.2, -0.15) is 13.2 Å². The van der Waals surface area contributed by atoms with Crippen molar-refractivity contribution < 1.29 is 32.4 Å². The molecule has 0 aromatic heterocycles. The first-order chi connectivity index (χ1) is 15.5. The average Bonchev–Trinajstić information content (AvgIpc) is 2.76. The number of hydrogen-bond acceptors (Lipinski definition) is 2. The van der Waals surface area contributed by atoms with Crippen molar-refractivity contribution >= 4 is 46.7 Å². The van der Waals surface area contributed by atoms with Crippen LogP contribution in [0.3, 0.4) is 0 Å². The van der Waals surface area contributed by atoms with E-state index in [0.29, 0.717) is 28.8 Å². The van der Waals surface area contributed by atoms with Gasteiger partial charge in [-0.05, 0) is 31.9 Å². The van der Waals surface area contributed by atoms with E-state index in [9.17, 15) is 27.9 Å². The molecule has 3 rings (SSSR count). The Kier molecular flexibility index (Phi) is 8.00. The van der Waals surface area contributed by atoms with Crippen LogP contribution in [0.2, 0.25) is 10.0 Å². The second kappa shape index (κ2) is 10.4. The number of carbonyl (C=O) groups excluding carboxylic acids is 2. The molecule has 2 amide bonds. The highest BCUT2D eigenvalue weighted by Gasteiger charge is 2.42. The Morgan fingerprint density at radius 1 is 1.21 bits per heavy atom. The van der Waals surface area contributed by atoms with Crippen molar-refractivity contribution in [1.29, 1.82) is 0 Å². The summed E-state index contributed by atoms with van der Waals surface area (Å²) in [6.45, 7) is 2.59. The third kappa shape index (κ3) is 6.23. The zero-order valence-electron chi connectivity index (χ0n) is 18.0. The summed E-state index contributed by atoms with van der Waals surface area (Å²) >= 11 is 11.9. The lowest BCUT2D eigenvalue weighted by molar-refractivity contribution is -0.564. The van der Waals surface area contributed by atoms with Gasteiger partial charge in [0.25, 0.3) is 5.91 Å². The number of nitrogens with one attached hydrogen (secondary N) is 1. The number of hydrogen-bond donors (Lipinski definition) is 2. The van der Waals surface area contributed by atoms with Gasteiger partial charge in [-0.3, -0.25) is 9.59 Å². The minimum atomic E-state index is -4.23. The first kappa shape index (κ1) is 25.4. The first-order valence-corrected chi connectivity index (χ1v) is 11.4. The van der Waals surface area contributed by atoms with Crippen LogP contribution in [0.25, 0.3) is 0 Å². The van der Waals surface area contributed by atoms with Crippen LogP contribution in [-0.2, 0) is 9.59 Å². The van der Waals surface area contributed by atoms with Crippen LogP contribution in [-0.4, -0.2) is 82.3 Å². The molecule has 1 aromatic rings. The van der Waals surface area contributed by atoms with Crippen molar-refractivity contribution in [2.24, 2.45) is 5.92 Å². The molecule has 2 aliphatic rings. The molecule has 2 aliphatic heterocycles. The number of rotatable bonds is 4. The van der Waals surface area contributed by atoms with E-state index in [0.717, 1.165) is 0 Å². The van der Waals surface area contributed by atoms with Crippen LogP contribution in [0.1, 0.15) is 26.2 Å². The highest BCUT2D eigenvalue weighted by Crippen LogP contribution is 2.34. The summed E-state index contributed by atoms with van der Waals surface area (Å²) in [7, 11) is 0. The molecule has 2 N–H and O–H groups in total. The maximum absolute atomic E-state index is 12.8. The molecule has 0 radical (unpaired) electrons. The minimum absolute atomic E-state index is 0.0480. The van der Waals surface area contributed by atoms with Crippen molar-refractivity contribution in [3.8, 4) is 0 Å². The highest BCUT2D eigenvalue weighted by molar-refractivity contribution is 6.42. The zero-order chi connectivity index (χ0) is 24.3. The molecule has 2 saturated heterocycles. The number of piperazine rings is 1. The van der Waals surface area contributed by atoms with E-state index in [4.69, 9.17) is 23.2 Å². The number of carbonyl (C=O) groups is 2. The van der Waals surface area contributed by atoms with Gasteiger partial charge in [-0.25, -0.2) is 9.89 Å². The Bertz CT molecular complexity index is 934. The number of benzene rings is 1. The summed E-state index contributed by atoms with van der Waals surface area (Å²) in [6.07, 6.45) is -4.36. The van der Waals surface area contributed by atoms with E-state index < -0.39 is 18.1 Å². The van der Waals surface area contributed by atoms with Gasteiger partial charge in [0.1, 0.15) is 12.2 Å². The fourth-order valence-corrected chi connectivity index (χ4v) is 4.36. The van der Waals surface area contributed by atoms with Gasteiger partial charge in [0.05, 0.1) is 22.5 Å². The fraction of sp³-hybridized carbons (Fsp3) is 0.571. The SMILES string of the molecule is C[C@H]1C(=O)N(CCC(=O)N2CCC(C(F)(F)F)CC2)CC[N+]1=C(O)Nc1ccc(Cl)c(Cl)c1. The Morgan fingerprint density at radius 3 is 2.48 bits per heavy atom. The lowest BCUT2D eigenvalue weighted by Gasteiger charge is -2.34. The van der Waals surface area contributed by atoms with Crippen LogP contribution in [0, 0.1) is 5.92 Å². The number of likely N-dealkylation sites (tertiary alicyclic amines) is 1. The van der Waals surface area contributed by atoms with E-state index >= 15 is 0 Å². The summed E-state index contributed by atoms with van der Waals surface area (Å²) in [4.78, 5) is 28.2. The Hall–Kier alpha value is -2.20. The van der Waals surface area contributed by atoms with E-state index in [2.05, 4.69) is 5.32 Å². The quantitative estimate of drug-likeness (QED) is 0.478. The molecule has 0 saturated carbocycles. The predicted octanol–water partition coefficient (Wildman–Crippen LogP) is 3.75.